The lowest BCUT2D eigenvalue weighted by Gasteiger charge is -2.11. The second kappa shape index (κ2) is 7.73. The Morgan fingerprint density at radius 2 is 0.920 bits per heavy atom. The minimum atomic E-state index is -4.82. The molecule has 0 heterocycles. The molecule has 132 valence electrons. The highest BCUT2D eigenvalue weighted by Crippen LogP contribution is 2.28. The summed E-state index contributed by atoms with van der Waals surface area (Å²) in [6.07, 6.45) is -9.65. The third kappa shape index (κ3) is 5.35. The van der Waals surface area contributed by atoms with Gasteiger partial charge < -0.3 is 0 Å². The minimum absolute atomic E-state index is 0.151. The number of rotatable bonds is 4. The molecule has 0 unspecified atom stereocenters. The van der Waals surface area contributed by atoms with E-state index < -0.39 is 23.8 Å². The van der Waals surface area contributed by atoms with Gasteiger partial charge in [-0.25, -0.2) is 0 Å². The molecule has 2 aromatic carbocycles. The zero-order chi connectivity index (χ0) is 18.5. The highest BCUT2D eigenvalue weighted by atomic mass is 32.2. The summed E-state index contributed by atoms with van der Waals surface area (Å²) in [4.78, 5) is 0. The number of benzene rings is 2. The maximum atomic E-state index is 13.1. The quantitative estimate of drug-likeness (QED) is 0.384. The van der Waals surface area contributed by atoms with Crippen LogP contribution in [-0.4, -0.2) is 23.8 Å². The van der Waals surface area contributed by atoms with Crippen LogP contribution in [0.15, 0.2) is 69.5 Å². The Morgan fingerprint density at radius 1 is 0.600 bits per heavy atom. The molecule has 9 heteroatoms. The Labute approximate surface area is 143 Å². The molecule has 0 aliphatic heterocycles. The Kier molecular flexibility index (Phi) is 5.89. The van der Waals surface area contributed by atoms with Crippen molar-refractivity contribution in [2.24, 2.45) is 8.80 Å². The van der Waals surface area contributed by atoms with Crippen molar-refractivity contribution in [3.8, 4) is 0 Å². The van der Waals surface area contributed by atoms with Crippen molar-refractivity contribution >= 4 is 23.6 Å². The number of alkyl halides is 6. The summed E-state index contributed by atoms with van der Waals surface area (Å²) in [5, 5.41) is 0. The zero-order valence-corrected chi connectivity index (χ0v) is 13.2. The van der Waals surface area contributed by atoms with Crippen molar-refractivity contribution in [2.45, 2.75) is 12.4 Å². The van der Waals surface area contributed by atoms with Gasteiger partial charge in [0.1, 0.15) is 12.1 Å². The van der Waals surface area contributed by atoms with E-state index in [9.17, 15) is 26.3 Å². The molecule has 0 fully saturated rings. The smallest absolute Gasteiger partial charge is 0.188 e. The van der Waals surface area contributed by atoms with Crippen LogP contribution < -0.4 is 0 Å². The van der Waals surface area contributed by atoms with E-state index in [2.05, 4.69) is 8.80 Å². The first-order valence-corrected chi connectivity index (χ1v) is 7.50. The van der Waals surface area contributed by atoms with E-state index in [0.29, 0.717) is 0 Å². The first-order valence-electron chi connectivity index (χ1n) is 6.77. The number of halogens is 6. The number of hydrogen-bond acceptors (Lipinski definition) is 3. The first-order chi connectivity index (χ1) is 11.7. The summed E-state index contributed by atoms with van der Waals surface area (Å²) in [7, 11) is 0. The SMILES string of the molecule is FC(F)(F)/C(=N/S/N=C(\c1ccccc1)C(F)(F)F)c1ccccc1. The van der Waals surface area contributed by atoms with E-state index in [0.717, 1.165) is 0 Å². The van der Waals surface area contributed by atoms with Crippen LogP contribution in [0.5, 0.6) is 0 Å². The van der Waals surface area contributed by atoms with Gasteiger partial charge in [0.2, 0.25) is 0 Å². The van der Waals surface area contributed by atoms with Crippen molar-refractivity contribution < 1.29 is 26.3 Å². The molecule has 2 rings (SSSR count). The molecule has 0 saturated heterocycles. The molecular formula is C16H10F6N2S. The molecule has 0 spiro atoms. The summed E-state index contributed by atoms with van der Waals surface area (Å²) in [6, 6.07) is 13.2. The number of hydrogen-bond donors (Lipinski definition) is 0. The Balaban J connectivity index is 2.37. The third-order valence-electron chi connectivity index (χ3n) is 2.90. The monoisotopic (exact) mass is 376 g/mol. The van der Waals surface area contributed by atoms with Gasteiger partial charge in [0, 0.05) is 11.1 Å². The molecular weight excluding hydrogens is 366 g/mol. The van der Waals surface area contributed by atoms with Crippen molar-refractivity contribution in [1.29, 1.82) is 0 Å². The van der Waals surface area contributed by atoms with E-state index >= 15 is 0 Å². The lowest BCUT2D eigenvalue weighted by atomic mass is 10.1. The highest BCUT2D eigenvalue weighted by molar-refractivity contribution is 7.97. The van der Waals surface area contributed by atoms with Crippen LogP contribution >= 0.6 is 12.1 Å². The second-order valence-corrected chi connectivity index (χ2v) is 5.22. The van der Waals surface area contributed by atoms with Crippen LogP contribution in [0, 0.1) is 0 Å². The summed E-state index contributed by atoms with van der Waals surface area (Å²) in [5.41, 5.74) is -3.13. The van der Waals surface area contributed by atoms with Gasteiger partial charge in [-0.05, 0) is 0 Å². The standard InChI is InChI=1S/C16H10F6N2S/c17-15(18,19)13(11-7-3-1-4-8-11)23-25-24-14(16(20,21)22)12-9-5-2-6-10-12/h1-10H/b23-13+,24-14+. The van der Waals surface area contributed by atoms with E-state index in [-0.39, 0.29) is 23.3 Å². The van der Waals surface area contributed by atoms with Gasteiger partial charge >= 0.3 is 12.4 Å². The van der Waals surface area contributed by atoms with Gasteiger partial charge in [0.15, 0.2) is 11.4 Å². The van der Waals surface area contributed by atoms with Gasteiger partial charge in [-0.2, -0.15) is 35.1 Å². The predicted molar refractivity (Wildman–Crippen MR) is 85.7 cm³/mol. The molecule has 0 saturated carbocycles. The van der Waals surface area contributed by atoms with Gasteiger partial charge in [-0.15, -0.1) is 0 Å². The van der Waals surface area contributed by atoms with Gasteiger partial charge in [-0.1, -0.05) is 60.7 Å². The fraction of sp³-hybridized carbons (Fsp3) is 0.125. The molecule has 2 nitrogen and oxygen atoms in total. The fourth-order valence-electron chi connectivity index (χ4n) is 1.83. The molecule has 2 aromatic rings. The molecule has 0 bridgehead atoms. The van der Waals surface area contributed by atoms with E-state index in [1.165, 1.54) is 60.7 Å². The van der Waals surface area contributed by atoms with Crippen molar-refractivity contribution in [3.05, 3.63) is 71.8 Å². The van der Waals surface area contributed by atoms with Crippen LogP contribution in [0.3, 0.4) is 0 Å². The van der Waals surface area contributed by atoms with Crippen molar-refractivity contribution in [3.63, 3.8) is 0 Å². The molecule has 0 N–H and O–H groups in total. The maximum absolute atomic E-state index is 13.1. The largest absolute Gasteiger partial charge is 0.434 e. The molecule has 0 amide bonds. The van der Waals surface area contributed by atoms with Crippen LogP contribution in [0.4, 0.5) is 26.3 Å². The summed E-state index contributed by atoms with van der Waals surface area (Å²) >= 11 is -0.151. The molecule has 0 aliphatic rings. The Bertz CT molecular complexity index is 686. The summed E-state index contributed by atoms with van der Waals surface area (Å²) in [6.45, 7) is 0. The van der Waals surface area contributed by atoms with Crippen molar-refractivity contribution in [1.82, 2.24) is 0 Å². The minimum Gasteiger partial charge on any atom is -0.188 e. The lowest BCUT2D eigenvalue weighted by Crippen LogP contribution is -2.24. The first kappa shape index (κ1) is 19.0. The van der Waals surface area contributed by atoms with E-state index in [4.69, 9.17) is 0 Å². The second-order valence-electron chi connectivity index (χ2n) is 4.69. The molecule has 0 aliphatic carbocycles. The predicted octanol–water partition coefficient (Wildman–Crippen LogP) is 5.65. The fourth-order valence-corrected chi connectivity index (χ4v) is 2.45. The van der Waals surface area contributed by atoms with Gasteiger partial charge in [0.25, 0.3) is 0 Å². The molecule has 25 heavy (non-hydrogen) atoms. The highest BCUT2D eigenvalue weighted by Gasteiger charge is 2.38. The van der Waals surface area contributed by atoms with E-state index in [1.54, 1.807) is 0 Å². The van der Waals surface area contributed by atoms with Crippen LogP contribution in [0.25, 0.3) is 0 Å². The summed E-state index contributed by atoms with van der Waals surface area (Å²) < 4.78 is 84.8. The van der Waals surface area contributed by atoms with E-state index in [1.807, 2.05) is 0 Å². The maximum Gasteiger partial charge on any atom is 0.434 e. The zero-order valence-electron chi connectivity index (χ0n) is 12.3. The molecule has 0 radical (unpaired) electrons. The Morgan fingerprint density at radius 3 is 1.20 bits per heavy atom. The normalized spacial score (nSPS) is 13.8. The third-order valence-corrected chi connectivity index (χ3v) is 3.42. The lowest BCUT2D eigenvalue weighted by molar-refractivity contribution is -0.0585. The van der Waals surface area contributed by atoms with Crippen molar-refractivity contribution in [2.75, 3.05) is 0 Å². The Hall–Kier alpha value is -2.29. The van der Waals surface area contributed by atoms with Crippen LogP contribution in [0.1, 0.15) is 11.1 Å². The van der Waals surface area contributed by atoms with Crippen LogP contribution in [-0.2, 0) is 0 Å². The topological polar surface area (TPSA) is 24.7 Å². The molecule has 0 atom stereocenters. The van der Waals surface area contributed by atoms with Gasteiger partial charge in [-0.3, -0.25) is 0 Å². The van der Waals surface area contributed by atoms with Crippen LogP contribution in [0.2, 0.25) is 0 Å². The average Bonchev–Trinajstić information content (AvgIpc) is 2.54. The number of nitrogens with zero attached hydrogens (tertiary/aromatic N) is 2. The van der Waals surface area contributed by atoms with Gasteiger partial charge in [0.05, 0.1) is 0 Å². The summed E-state index contributed by atoms with van der Waals surface area (Å²) in [5.74, 6) is 0. The average molecular weight is 376 g/mol. The molecule has 0 aromatic heterocycles.